The van der Waals surface area contributed by atoms with Gasteiger partial charge in [-0.15, -0.1) is 10.2 Å². The molecular formula is C13H18ClN3. The van der Waals surface area contributed by atoms with Gasteiger partial charge in [0.05, 0.1) is 0 Å². The van der Waals surface area contributed by atoms with E-state index in [0.29, 0.717) is 11.2 Å². The Morgan fingerprint density at radius 1 is 1.06 bits per heavy atom. The summed E-state index contributed by atoms with van der Waals surface area (Å²) >= 11 is 5.97. The summed E-state index contributed by atoms with van der Waals surface area (Å²) in [5, 5.41) is 12.3. The molecule has 0 saturated heterocycles. The zero-order chi connectivity index (χ0) is 12.0. The van der Waals surface area contributed by atoms with Crippen LogP contribution in [0, 0.1) is 25.7 Å². The average molecular weight is 252 g/mol. The van der Waals surface area contributed by atoms with Crippen LogP contribution in [0.2, 0.25) is 5.15 Å². The first kappa shape index (κ1) is 11.3. The zero-order valence-corrected chi connectivity index (χ0v) is 11.1. The molecule has 1 aromatic heterocycles. The number of nitrogens with zero attached hydrogens (tertiary/aromatic N) is 2. The van der Waals surface area contributed by atoms with Crippen molar-refractivity contribution in [2.75, 3.05) is 5.32 Å². The normalized spacial score (nSPS) is 19.8. The van der Waals surface area contributed by atoms with Crippen LogP contribution < -0.4 is 5.32 Å². The largest absolute Gasteiger partial charge is 0.365 e. The van der Waals surface area contributed by atoms with Crippen molar-refractivity contribution in [2.24, 2.45) is 11.8 Å². The molecule has 1 N–H and O–H groups in total. The Hall–Kier alpha value is -0.830. The van der Waals surface area contributed by atoms with Crippen LogP contribution >= 0.6 is 11.6 Å². The summed E-state index contributed by atoms with van der Waals surface area (Å²) in [6.07, 6.45) is 5.47. The molecule has 0 atom stereocenters. The maximum atomic E-state index is 5.97. The van der Waals surface area contributed by atoms with Crippen molar-refractivity contribution in [1.82, 2.24) is 10.2 Å². The van der Waals surface area contributed by atoms with E-state index in [0.717, 1.165) is 28.8 Å². The molecule has 0 unspecified atom stereocenters. The van der Waals surface area contributed by atoms with E-state index in [4.69, 9.17) is 11.6 Å². The smallest absolute Gasteiger partial charge is 0.155 e. The van der Waals surface area contributed by atoms with Crippen LogP contribution in [0.4, 0.5) is 5.82 Å². The summed E-state index contributed by atoms with van der Waals surface area (Å²) in [5.41, 5.74) is 2.17. The van der Waals surface area contributed by atoms with Gasteiger partial charge in [-0.05, 0) is 62.5 Å². The Labute approximate surface area is 107 Å². The van der Waals surface area contributed by atoms with Gasteiger partial charge in [0.25, 0.3) is 0 Å². The van der Waals surface area contributed by atoms with E-state index in [1.54, 1.807) is 0 Å². The molecule has 2 fully saturated rings. The lowest BCUT2D eigenvalue weighted by Crippen LogP contribution is -2.25. The van der Waals surface area contributed by atoms with Crippen LogP contribution in [-0.4, -0.2) is 16.2 Å². The Bertz CT molecular complexity index is 427. The van der Waals surface area contributed by atoms with Crippen molar-refractivity contribution in [1.29, 1.82) is 0 Å². The highest BCUT2D eigenvalue weighted by Gasteiger charge is 2.41. The zero-order valence-electron chi connectivity index (χ0n) is 10.3. The Morgan fingerprint density at radius 2 is 1.65 bits per heavy atom. The summed E-state index contributed by atoms with van der Waals surface area (Å²) in [6, 6.07) is 0.614. The fourth-order valence-corrected chi connectivity index (χ4v) is 2.58. The molecule has 0 bridgehead atoms. The third-order valence-corrected chi connectivity index (χ3v) is 4.39. The van der Waals surface area contributed by atoms with Gasteiger partial charge in [-0.2, -0.15) is 0 Å². The molecule has 3 nitrogen and oxygen atoms in total. The highest BCUT2D eigenvalue weighted by Crippen LogP contribution is 2.46. The van der Waals surface area contributed by atoms with Crippen LogP contribution in [0.5, 0.6) is 0 Å². The molecule has 2 saturated carbocycles. The second-order valence-electron chi connectivity index (χ2n) is 5.43. The van der Waals surface area contributed by atoms with Crippen molar-refractivity contribution >= 4 is 17.4 Å². The Balaban J connectivity index is 1.81. The molecule has 0 aromatic carbocycles. The monoisotopic (exact) mass is 251 g/mol. The third-order valence-electron chi connectivity index (χ3n) is 4.03. The molecule has 1 heterocycles. The molecule has 0 spiro atoms. The van der Waals surface area contributed by atoms with Crippen LogP contribution in [0.3, 0.4) is 0 Å². The predicted molar refractivity (Wildman–Crippen MR) is 69.4 cm³/mol. The van der Waals surface area contributed by atoms with Gasteiger partial charge in [-0.1, -0.05) is 11.6 Å². The molecule has 3 rings (SSSR count). The first-order valence-electron chi connectivity index (χ1n) is 6.42. The maximum absolute atomic E-state index is 5.97. The number of hydrogen-bond acceptors (Lipinski definition) is 3. The van der Waals surface area contributed by atoms with Crippen molar-refractivity contribution in [2.45, 2.75) is 45.6 Å². The summed E-state index contributed by atoms with van der Waals surface area (Å²) < 4.78 is 0. The van der Waals surface area contributed by atoms with Gasteiger partial charge in [0.15, 0.2) is 11.0 Å². The van der Waals surface area contributed by atoms with Gasteiger partial charge >= 0.3 is 0 Å². The first-order valence-corrected chi connectivity index (χ1v) is 6.80. The number of halogens is 1. The number of rotatable bonds is 4. The van der Waals surface area contributed by atoms with Crippen molar-refractivity contribution in [3.63, 3.8) is 0 Å². The third kappa shape index (κ3) is 2.25. The second-order valence-corrected chi connectivity index (χ2v) is 5.79. The van der Waals surface area contributed by atoms with E-state index < -0.39 is 0 Å². The number of nitrogens with one attached hydrogen (secondary N) is 1. The Morgan fingerprint density at radius 3 is 2.18 bits per heavy atom. The molecule has 2 aliphatic carbocycles. The molecule has 0 radical (unpaired) electrons. The number of anilines is 1. The summed E-state index contributed by atoms with van der Waals surface area (Å²) in [4.78, 5) is 0. The molecule has 1 aromatic rings. The lowest BCUT2D eigenvalue weighted by atomic mass is 10.1. The SMILES string of the molecule is Cc1c(Cl)nnc(NC(C2CC2)C2CC2)c1C. The highest BCUT2D eigenvalue weighted by molar-refractivity contribution is 6.30. The van der Waals surface area contributed by atoms with E-state index in [2.05, 4.69) is 22.4 Å². The number of aromatic nitrogens is 2. The lowest BCUT2D eigenvalue weighted by Gasteiger charge is -2.19. The second kappa shape index (κ2) is 4.13. The van der Waals surface area contributed by atoms with Gasteiger partial charge in [0.1, 0.15) is 0 Å². The maximum Gasteiger partial charge on any atom is 0.155 e. The molecule has 2 aliphatic rings. The van der Waals surface area contributed by atoms with Gasteiger partial charge in [-0.3, -0.25) is 0 Å². The minimum atomic E-state index is 0.516. The summed E-state index contributed by atoms with van der Waals surface area (Å²) in [5.74, 6) is 2.65. The Kier molecular flexibility index (Phi) is 2.74. The van der Waals surface area contributed by atoms with Crippen molar-refractivity contribution in [3.05, 3.63) is 16.3 Å². The van der Waals surface area contributed by atoms with Gasteiger partial charge in [-0.25, -0.2) is 0 Å². The van der Waals surface area contributed by atoms with E-state index in [1.165, 1.54) is 25.7 Å². The highest BCUT2D eigenvalue weighted by atomic mass is 35.5. The average Bonchev–Trinajstić information content (AvgIpc) is 3.16. The summed E-state index contributed by atoms with van der Waals surface area (Å²) in [7, 11) is 0. The molecular weight excluding hydrogens is 234 g/mol. The van der Waals surface area contributed by atoms with Crippen LogP contribution in [-0.2, 0) is 0 Å². The van der Waals surface area contributed by atoms with E-state index in [1.807, 2.05) is 6.92 Å². The fourth-order valence-electron chi connectivity index (χ4n) is 2.40. The van der Waals surface area contributed by atoms with Gasteiger partial charge in [0, 0.05) is 6.04 Å². The van der Waals surface area contributed by atoms with Crippen LogP contribution in [0.25, 0.3) is 0 Å². The fraction of sp³-hybridized carbons (Fsp3) is 0.692. The quantitative estimate of drug-likeness (QED) is 0.892. The molecule has 0 aliphatic heterocycles. The van der Waals surface area contributed by atoms with Crippen LogP contribution in [0.15, 0.2) is 0 Å². The minimum Gasteiger partial charge on any atom is -0.365 e. The number of hydrogen-bond donors (Lipinski definition) is 1. The summed E-state index contributed by atoms with van der Waals surface area (Å²) in [6.45, 7) is 4.07. The van der Waals surface area contributed by atoms with Gasteiger partial charge in [0.2, 0.25) is 0 Å². The van der Waals surface area contributed by atoms with E-state index >= 15 is 0 Å². The van der Waals surface area contributed by atoms with Gasteiger partial charge < -0.3 is 5.32 Å². The topological polar surface area (TPSA) is 37.8 Å². The predicted octanol–water partition coefficient (Wildman–Crippen LogP) is 3.35. The van der Waals surface area contributed by atoms with Crippen LogP contribution in [0.1, 0.15) is 36.8 Å². The molecule has 92 valence electrons. The van der Waals surface area contributed by atoms with Crippen molar-refractivity contribution in [3.8, 4) is 0 Å². The first-order chi connectivity index (χ1) is 8.16. The van der Waals surface area contributed by atoms with E-state index in [9.17, 15) is 0 Å². The molecule has 0 amide bonds. The molecule has 17 heavy (non-hydrogen) atoms. The standard InChI is InChI=1S/C13H18ClN3/c1-7-8(2)13(17-16-12(7)14)15-11(9-3-4-9)10-5-6-10/h9-11H,3-6H2,1-2H3,(H,15,17). The van der Waals surface area contributed by atoms with E-state index in [-0.39, 0.29) is 0 Å². The minimum absolute atomic E-state index is 0.516. The lowest BCUT2D eigenvalue weighted by molar-refractivity contribution is 0.564. The molecule has 4 heteroatoms. The van der Waals surface area contributed by atoms with Crippen molar-refractivity contribution < 1.29 is 0 Å².